The van der Waals surface area contributed by atoms with Crippen molar-refractivity contribution < 1.29 is 14.3 Å². The highest BCUT2D eigenvalue weighted by Crippen LogP contribution is 2.34. The van der Waals surface area contributed by atoms with Crippen LogP contribution in [0.4, 0.5) is 5.69 Å². The summed E-state index contributed by atoms with van der Waals surface area (Å²) in [6.45, 7) is 2.52. The third kappa shape index (κ3) is 2.76. The summed E-state index contributed by atoms with van der Waals surface area (Å²) < 4.78 is 12.1. The molecule has 1 aliphatic rings. The Labute approximate surface area is 153 Å². The van der Waals surface area contributed by atoms with Crippen molar-refractivity contribution in [2.45, 2.75) is 13.5 Å². The second-order valence-electron chi connectivity index (χ2n) is 5.68. The fraction of sp³-hybridized carbons (Fsp3) is 0.167. The number of benzene rings is 2. The normalized spacial score (nSPS) is 12.4. The first kappa shape index (κ1) is 16.4. The van der Waals surface area contributed by atoms with E-state index in [-0.39, 0.29) is 12.5 Å². The molecule has 2 heterocycles. The molecule has 8 heteroatoms. The molecule has 1 aromatic heterocycles. The molecule has 0 spiro atoms. The zero-order valence-electron chi connectivity index (χ0n) is 13.8. The number of aryl methyl sites for hydroxylation is 1. The Bertz CT molecular complexity index is 1090. The van der Waals surface area contributed by atoms with Gasteiger partial charge in [0.15, 0.2) is 17.2 Å². The lowest BCUT2D eigenvalue weighted by molar-refractivity contribution is 0.101. The van der Waals surface area contributed by atoms with Crippen LogP contribution in [0.2, 0.25) is 5.02 Å². The maximum atomic E-state index is 12.7. The monoisotopic (exact) mass is 371 g/mol. The minimum atomic E-state index is -0.599. The number of hydrogen-bond acceptors (Lipinski definition) is 5. The number of anilines is 1. The van der Waals surface area contributed by atoms with E-state index in [1.165, 1.54) is 0 Å². The van der Waals surface area contributed by atoms with Crippen LogP contribution in [0.1, 0.15) is 17.4 Å². The summed E-state index contributed by atoms with van der Waals surface area (Å²) in [6.07, 6.45) is 0. The van der Waals surface area contributed by atoms with Crippen molar-refractivity contribution in [3.8, 4) is 11.5 Å². The highest BCUT2D eigenvalue weighted by molar-refractivity contribution is 6.31. The number of amides is 1. The lowest BCUT2D eigenvalue weighted by Gasteiger charge is -2.11. The molecule has 0 saturated heterocycles. The van der Waals surface area contributed by atoms with E-state index in [1.54, 1.807) is 41.1 Å². The molecule has 0 radical (unpaired) electrons. The third-order valence-corrected chi connectivity index (χ3v) is 4.30. The molecule has 4 rings (SSSR count). The first-order chi connectivity index (χ1) is 12.6. The Morgan fingerprint density at radius 1 is 1.23 bits per heavy atom. The first-order valence-corrected chi connectivity index (χ1v) is 8.36. The van der Waals surface area contributed by atoms with Crippen molar-refractivity contribution in [1.29, 1.82) is 0 Å². The van der Waals surface area contributed by atoms with Crippen LogP contribution in [0.5, 0.6) is 11.5 Å². The summed E-state index contributed by atoms with van der Waals surface area (Å²) in [5.41, 5.74) is 0.445. The maximum absolute atomic E-state index is 12.7. The second-order valence-corrected chi connectivity index (χ2v) is 6.11. The number of halogens is 1. The summed E-state index contributed by atoms with van der Waals surface area (Å²) in [4.78, 5) is 25.4. The molecule has 2 aromatic carbocycles. The van der Waals surface area contributed by atoms with Gasteiger partial charge in [-0.25, -0.2) is 0 Å². The highest BCUT2D eigenvalue weighted by Gasteiger charge is 2.19. The average molecular weight is 372 g/mol. The number of ether oxygens (including phenoxy) is 2. The molecular formula is C18H14ClN3O4. The number of rotatable bonds is 3. The van der Waals surface area contributed by atoms with Gasteiger partial charge in [-0.15, -0.1) is 0 Å². The molecule has 0 atom stereocenters. The summed E-state index contributed by atoms with van der Waals surface area (Å²) in [7, 11) is 0. The van der Waals surface area contributed by atoms with Gasteiger partial charge in [0.05, 0.1) is 10.9 Å². The Kier molecular flexibility index (Phi) is 4.00. The number of fused-ring (bicyclic) bond motifs is 2. The Hall–Kier alpha value is -3.06. The minimum Gasteiger partial charge on any atom is -0.454 e. The van der Waals surface area contributed by atoms with Gasteiger partial charge in [0.2, 0.25) is 12.2 Å². The standard InChI is InChI=1S/C18H14ClN3O4/c1-2-22-13-5-3-10(19)7-12(13)17(23)16(21-22)18(24)20-11-4-6-14-15(8-11)26-9-25-14/h3-8H,2,9H2,1H3,(H,20,24). The number of nitrogens with zero attached hydrogens (tertiary/aromatic N) is 2. The van der Waals surface area contributed by atoms with Crippen molar-refractivity contribution in [1.82, 2.24) is 9.78 Å². The first-order valence-electron chi connectivity index (χ1n) is 7.98. The Morgan fingerprint density at radius 2 is 2.04 bits per heavy atom. The molecule has 1 aliphatic heterocycles. The van der Waals surface area contributed by atoms with E-state index in [9.17, 15) is 9.59 Å². The van der Waals surface area contributed by atoms with Crippen molar-refractivity contribution in [3.63, 3.8) is 0 Å². The van der Waals surface area contributed by atoms with Crippen molar-refractivity contribution >= 4 is 34.1 Å². The quantitative estimate of drug-likeness (QED) is 0.765. The SMILES string of the molecule is CCn1nc(C(=O)Nc2ccc3c(c2)OCO3)c(=O)c2cc(Cl)ccc21. The van der Waals surface area contributed by atoms with Gasteiger partial charge in [0.25, 0.3) is 5.91 Å². The highest BCUT2D eigenvalue weighted by atomic mass is 35.5. The van der Waals surface area contributed by atoms with Crippen LogP contribution >= 0.6 is 11.6 Å². The number of aromatic nitrogens is 2. The molecule has 0 unspecified atom stereocenters. The molecule has 0 saturated carbocycles. The van der Waals surface area contributed by atoms with Gasteiger partial charge in [0, 0.05) is 23.3 Å². The van der Waals surface area contributed by atoms with E-state index >= 15 is 0 Å². The third-order valence-electron chi connectivity index (χ3n) is 4.06. The van der Waals surface area contributed by atoms with Gasteiger partial charge in [-0.1, -0.05) is 11.6 Å². The van der Waals surface area contributed by atoms with Gasteiger partial charge >= 0.3 is 0 Å². The smallest absolute Gasteiger partial charge is 0.280 e. The van der Waals surface area contributed by atoms with Gasteiger partial charge < -0.3 is 14.8 Å². The van der Waals surface area contributed by atoms with Crippen LogP contribution in [-0.2, 0) is 6.54 Å². The Balaban J connectivity index is 1.75. The van der Waals surface area contributed by atoms with Crippen LogP contribution in [0, 0.1) is 0 Å². The fourth-order valence-electron chi connectivity index (χ4n) is 2.82. The molecular weight excluding hydrogens is 358 g/mol. The number of carbonyl (C=O) groups is 1. The van der Waals surface area contributed by atoms with Crippen LogP contribution in [0.15, 0.2) is 41.2 Å². The predicted octanol–water partition coefficient (Wildman–Crippen LogP) is 3.05. The van der Waals surface area contributed by atoms with Crippen molar-refractivity contribution in [3.05, 3.63) is 57.3 Å². The van der Waals surface area contributed by atoms with Gasteiger partial charge in [-0.2, -0.15) is 5.10 Å². The Morgan fingerprint density at radius 3 is 2.85 bits per heavy atom. The molecule has 1 amide bonds. The predicted molar refractivity (Wildman–Crippen MR) is 97.2 cm³/mol. The summed E-state index contributed by atoms with van der Waals surface area (Å²) >= 11 is 6.01. The summed E-state index contributed by atoms with van der Waals surface area (Å²) in [5, 5.41) is 7.66. The zero-order chi connectivity index (χ0) is 18.3. The zero-order valence-corrected chi connectivity index (χ0v) is 14.5. The minimum absolute atomic E-state index is 0.140. The average Bonchev–Trinajstić information content (AvgIpc) is 3.10. The van der Waals surface area contributed by atoms with Crippen molar-refractivity contribution in [2.24, 2.45) is 0 Å². The van der Waals surface area contributed by atoms with E-state index in [4.69, 9.17) is 21.1 Å². The molecule has 0 fully saturated rings. The molecule has 1 N–H and O–H groups in total. The summed E-state index contributed by atoms with van der Waals surface area (Å²) in [6, 6.07) is 9.94. The molecule has 132 valence electrons. The van der Waals surface area contributed by atoms with Gasteiger partial charge in [-0.3, -0.25) is 14.3 Å². The molecule has 0 aliphatic carbocycles. The molecule has 26 heavy (non-hydrogen) atoms. The molecule has 3 aromatic rings. The van der Waals surface area contributed by atoms with Gasteiger partial charge in [0.1, 0.15) is 0 Å². The van der Waals surface area contributed by atoms with Gasteiger partial charge in [-0.05, 0) is 37.3 Å². The van der Waals surface area contributed by atoms with E-state index in [2.05, 4.69) is 10.4 Å². The van der Waals surface area contributed by atoms with Crippen LogP contribution in [0.3, 0.4) is 0 Å². The summed E-state index contributed by atoms with van der Waals surface area (Å²) in [5.74, 6) is 0.541. The number of carbonyl (C=O) groups excluding carboxylic acids is 1. The van der Waals surface area contributed by atoms with E-state index < -0.39 is 11.3 Å². The van der Waals surface area contributed by atoms with E-state index in [0.717, 1.165) is 0 Å². The lowest BCUT2D eigenvalue weighted by atomic mass is 10.2. The van der Waals surface area contributed by atoms with Crippen LogP contribution in [-0.4, -0.2) is 22.5 Å². The second kappa shape index (κ2) is 6.34. The molecule has 7 nitrogen and oxygen atoms in total. The maximum Gasteiger partial charge on any atom is 0.280 e. The van der Waals surface area contributed by atoms with Crippen LogP contribution < -0.4 is 20.2 Å². The van der Waals surface area contributed by atoms with Crippen LogP contribution in [0.25, 0.3) is 10.9 Å². The van der Waals surface area contributed by atoms with E-state index in [1.807, 2.05) is 6.92 Å². The fourth-order valence-corrected chi connectivity index (χ4v) is 2.99. The number of hydrogen-bond donors (Lipinski definition) is 1. The largest absolute Gasteiger partial charge is 0.454 e. The van der Waals surface area contributed by atoms with E-state index in [0.29, 0.717) is 39.7 Å². The number of nitrogens with one attached hydrogen (secondary N) is 1. The lowest BCUT2D eigenvalue weighted by Crippen LogP contribution is -2.27. The topological polar surface area (TPSA) is 82.5 Å². The van der Waals surface area contributed by atoms with Crippen molar-refractivity contribution in [2.75, 3.05) is 12.1 Å². The molecule has 0 bridgehead atoms.